The van der Waals surface area contributed by atoms with Crippen molar-refractivity contribution in [3.05, 3.63) is 22.8 Å². The lowest BCUT2D eigenvalue weighted by Gasteiger charge is -2.29. The molecule has 1 saturated heterocycles. The highest BCUT2D eigenvalue weighted by Gasteiger charge is 2.37. The molecule has 2 unspecified atom stereocenters. The summed E-state index contributed by atoms with van der Waals surface area (Å²) in [6.07, 6.45) is 9.05. The average molecular weight is 573 g/mol. The molecule has 0 aromatic heterocycles. The van der Waals surface area contributed by atoms with E-state index in [0.717, 1.165) is 19.3 Å². The van der Waals surface area contributed by atoms with Crippen LogP contribution in [0.3, 0.4) is 0 Å². The molecule has 12 heteroatoms. The van der Waals surface area contributed by atoms with Crippen molar-refractivity contribution in [1.82, 2.24) is 20.9 Å². The molecule has 0 aromatic carbocycles. The lowest BCUT2D eigenvalue weighted by Crippen LogP contribution is -2.50. The number of rotatable bonds is 5. The van der Waals surface area contributed by atoms with Crippen LogP contribution in [0.2, 0.25) is 0 Å². The van der Waals surface area contributed by atoms with E-state index in [-0.39, 0.29) is 23.8 Å². The second kappa shape index (κ2) is 12.1. The third kappa shape index (κ3) is 7.74. The molecule has 0 bridgehead atoms. The number of alkyl halides is 1. The molecule has 1 fully saturated rings. The topological polar surface area (TPSA) is 109 Å². The van der Waals surface area contributed by atoms with Crippen molar-refractivity contribution in [2.24, 2.45) is 5.92 Å². The molecule has 2 aliphatic heterocycles. The maximum Gasteiger partial charge on any atom is 0.410 e. The molecule has 9 nitrogen and oxygen atoms in total. The second-order valence-corrected chi connectivity index (χ2v) is 13.6. The van der Waals surface area contributed by atoms with Gasteiger partial charge in [0.2, 0.25) is 5.91 Å². The fourth-order valence-electron chi connectivity index (χ4n) is 4.86. The van der Waals surface area contributed by atoms with Crippen molar-refractivity contribution in [1.29, 1.82) is 0 Å². The SMILES string of the molecule is CS[C@@H]1CCC2=C(C1)S[C@@H](NC(=O)NC(=O)C1C[C@@H](OC3CCN(C(=O)OC(C)(C)C)C3)C=C[C@H]1Cl)N2. The van der Waals surface area contributed by atoms with E-state index in [9.17, 15) is 14.4 Å². The third-order valence-corrected chi connectivity index (χ3v) is 9.43. The minimum Gasteiger partial charge on any atom is -0.444 e. The van der Waals surface area contributed by atoms with Crippen molar-refractivity contribution in [2.45, 2.75) is 86.8 Å². The van der Waals surface area contributed by atoms with E-state index in [1.165, 1.54) is 10.6 Å². The number of nitrogens with zero attached hydrogens (tertiary/aromatic N) is 1. The van der Waals surface area contributed by atoms with Gasteiger partial charge in [-0.3, -0.25) is 10.1 Å². The van der Waals surface area contributed by atoms with Crippen LogP contribution < -0.4 is 16.0 Å². The van der Waals surface area contributed by atoms with Gasteiger partial charge in [-0.25, -0.2) is 9.59 Å². The van der Waals surface area contributed by atoms with Crippen LogP contribution in [0.5, 0.6) is 0 Å². The summed E-state index contributed by atoms with van der Waals surface area (Å²) in [5.41, 5.74) is 0.356. The van der Waals surface area contributed by atoms with Gasteiger partial charge in [-0.05, 0) is 59.1 Å². The largest absolute Gasteiger partial charge is 0.444 e. The monoisotopic (exact) mass is 572 g/mol. The van der Waals surface area contributed by atoms with E-state index in [0.29, 0.717) is 31.2 Å². The highest BCUT2D eigenvalue weighted by Crippen LogP contribution is 2.41. The van der Waals surface area contributed by atoms with E-state index >= 15 is 0 Å². The van der Waals surface area contributed by atoms with E-state index in [2.05, 4.69) is 22.2 Å². The molecule has 6 atom stereocenters. The lowest BCUT2D eigenvalue weighted by molar-refractivity contribution is -0.125. The molecule has 0 saturated carbocycles. The number of hydrogen-bond donors (Lipinski definition) is 3. The number of ether oxygens (including phenoxy) is 2. The summed E-state index contributed by atoms with van der Waals surface area (Å²) in [4.78, 5) is 40.8. The Kier molecular flexibility index (Phi) is 9.30. The highest BCUT2D eigenvalue weighted by molar-refractivity contribution is 8.04. The summed E-state index contributed by atoms with van der Waals surface area (Å²) in [6.45, 7) is 6.50. The first-order valence-electron chi connectivity index (χ1n) is 12.8. The summed E-state index contributed by atoms with van der Waals surface area (Å²) in [7, 11) is 0. The summed E-state index contributed by atoms with van der Waals surface area (Å²) < 4.78 is 11.6. The minimum absolute atomic E-state index is 0.157. The fraction of sp³-hybridized carbons (Fsp3) is 0.720. The Labute approximate surface area is 232 Å². The van der Waals surface area contributed by atoms with E-state index < -0.39 is 28.8 Å². The molecule has 0 radical (unpaired) electrons. The number of allylic oxidation sites excluding steroid dienone is 3. The molecule has 206 valence electrons. The zero-order valence-electron chi connectivity index (χ0n) is 21.8. The van der Waals surface area contributed by atoms with Gasteiger partial charge in [-0.2, -0.15) is 11.8 Å². The van der Waals surface area contributed by atoms with Gasteiger partial charge in [0.25, 0.3) is 0 Å². The third-order valence-electron chi connectivity index (χ3n) is 6.74. The number of nitrogens with one attached hydrogen (secondary N) is 3. The first kappa shape index (κ1) is 28.4. The molecule has 2 heterocycles. The highest BCUT2D eigenvalue weighted by atomic mass is 35.5. The number of hydrogen-bond acceptors (Lipinski definition) is 8. The number of imide groups is 1. The van der Waals surface area contributed by atoms with Crippen molar-refractivity contribution in [2.75, 3.05) is 19.3 Å². The molecule has 4 aliphatic rings. The number of likely N-dealkylation sites (tertiary alicyclic amines) is 1. The number of halogens is 1. The smallest absolute Gasteiger partial charge is 0.410 e. The first-order chi connectivity index (χ1) is 17.5. The maximum atomic E-state index is 12.9. The van der Waals surface area contributed by atoms with Gasteiger partial charge < -0.3 is 25.0 Å². The normalized spacial score (nSPS) is 31.5. The predicted octanol–water partition coefficient (Wildman–Crippen LogP) is 4.14. The Bertz CT molecular complexity index is 956. The molecule has 0 spiro atoms. The van der Waals surface area contributed by atoms with Crippen molar-refractivity contribution >= 4 is 53.2 Å². The van der Waals surface area contributed by atoms with Gasteiger partial charge in [-0.15, -0.1) is 11.6 Å². The maximum absolute atomic E-state index is 12.9. The van der Waals surface area contributed by atoms with Gasteiger partial charge in [0.15, 0.2) is 5.50 Å². The number of urea groups is 1. The van der Waals surface area contributed by atoms with Gasteiger partial charge in [0.1, 0.15) is 5.60 Å². The number of carbonyl (C=O) groups is 3. The molecular weight excluding hydrogens is 536 g/mol. The standard InChI is InChI=1S/C25H37ClN4O5S2/c1-25(2,3)35-24(33)30-10-9-15(13-30)34-14-5-7-18(26)17(11-14)21(31)28-22(32)29-23-27-19-8-6-16(36-4)12-20(19)37-23/h5,7,14-18,23,27H,6,8-13H2,1-4H3,(H2,28,29,31,32)/t14-,15?,16+,17?,18+,23+/m0/s1. The number of amides is 4. The quantitative estimate of drug-likeness (QED) is 0.333. The van der Waals surface area contributed by atoms with Gasteiger partial charge >= 0.3 is 12.1 Å². The first-order valence-corrected chi connectivity index (χ1v) is 15.4. The summed E-state index contributed by atoms with van der Waals surface area (Å²) >= 11 is 9.90. The van der Waals surface area contributed by atoms with E-state index in [1.807, 2.05) is 38.6 Å². The van der Waals surface area contributed by atoms with Crippen molar-refractivity contribution in [3.8, 4) is 0 Å². The Balaban J connectivity index is 1.22. The van der Waals surface area contributed by atoms with Crippen molar-refractivity contribution in [3.63, 3.8) is 0 Å². The lowest BCUT2D eigenvalue weighted by atomic mass is 9.91. The van der Waals surface area contributed by atoms with Crippen LogP contribution in [0.25, 0.3) is 0 Å². The molecule has 3 N–H and O–H groups in total. The second-order valence-electron chi connectivity index (χ2n) is 10.8. The predicted molar refractivity (Wildman–Crippen MR) is 147 cm³/mol. The summed E-state index contributed by atoms with van der Waals surface area (Å²) in [5.74, 6) is -1.04. The van der Waals surface area contributed by atoms with Crippen LogP contribution in [0.1, 0.15) is 52.9 Å². The summed E-state index contributed by atoms with van der Waals surface area (Å²) in [5, 5.41) is 8.74. The van der Waals surface area contributed by atoms with Gasteiger partial charge in [0, 0.05) is 22.4 Å². The number of carbonyl (C=O) groups excluding carboxylic acids is 3. The Morgan fingerprint density at radius 2 is 2.03 bits per heavy atom. The molecule has 2 aliphatic carbocycles. The fourth-order valence-corrected chi connectivity index (χ4v) is 7.21. The zero-order valence-corrected chi connectivity index (χ0v) is 24.1. The Morgan fingerprint density at radius 3 is 2.76 bits per heavy atom. The van der Waals surface area contributed by atoms with Crippen LogP contribution >= 0.6 is 35.1 Å². The van der Waals surface area contributed by atoms with Crippen molar-refractivity contribution < 1.29 is 23.9 Å². The van der Waals surface area contributed by atoms with Gasteiger partial charge in [0.05, 0.1) is 30.0 Å². The molecule has 0 aromatic rings. The van der Waals surface area contributed by atoms with Crippen LogP contribution in [-0.2, 0) is 14.3 Å². The molecule has 4 amide bonds. The van der Waals surface area contributed by atoms with E-state index in [4.69, 9.17) is 21.1 Å². The molecular formula is C25H37ClN4O5S2. The Hall–Kier alpha value is -1.56. The average Bonchev–Trinajstić information content (AvgIpc) is 3.45. The van der Waals surface area contributed by atoms with E-state index in [1.54, 1.807) is 22.7 Å². The van der Waals surface area contributed by atoms with Gasteiger partial charge in [-0.1, -0.05) is 23.9 Å². The minimum atomic E-state index is -0.608. The number of thioether (sulfide) groups is 2. The van der Waals surface area contributed by atoms with Crippen LogP contribution in [0.15, 0.2) is 22.8 Å². The van der Waals surface area contributed by atoms with Crippen LogP contribution in [-0.4, -0.2) is 76.2 Å². The molecule has 4 rings (SSSR count). The molecule has 37 heavy (non-hydrogen) atoms. The van der Waals surface area contributed by atoms with Crippen LogP contribution in [0.4, 0.5) is 9.59 Å². The Morgan fingerprint density at radius 1 is 1.24 bits per heavy atom. The summed E-state index contributed by atoms with van der Waals surface area (Å²) in [6, 6.07) is -0.545. The van der Waals surface area contributed by atoms with Crippen LogP contribution in [0, 0.1) is 5.92 Å². The zero-order chi connectivity index (χ0) is 26.7.